The van der Waals surface area contributed by atoms with Gasteiger partial charge >= 0.3 is 23.9 Å². The highest BCUT2D eigenvalue weighted by molar-refractivity contribution is 5.69. The Morgan fingerprint density at radius 1 is 0.615 bits per heavy atom. The molecule has 0 rings (SSSR count). The molecule has 0 fully saturated rings. The van der Waals surface area contributed by atoms with Crippen molar-refractivity contribution in [1.82, 2.24) is 0 Å². The molecule has 0 aliphatic rings. The molecule has 0 aliphatic carbocycles. The second-order valence-corrected chi connectivity index (χ2v) is 4.59. The van der Waals surface area contributed by atoms with Gasteiger partial charge in [-0.15, -0.1) is 0 Å². The molecule has 4 unspecified atom stereocenters. The summed E-state index contributed by atoms with van der Waals surface area (Å²) in [5, 5.41) is 0. The van der Waals surface area contributed by atoms with E-state index in [1.165, 1.54) is 0 Å². The van der Waals surface area contributed by atoms with Crippen LogP contribution in [0.1, 0.15) is 27.7 Å². The minimum absolute atomic E-state index is 0.935. The second kappa shape index (κ2) is 11.2. The summed E-state index contributed by atoms with van der Waals surface area (Å²) in [6, 6.07) is 0. The Morgan fingerprint density at radius 3 is 1.08 bits per heavy atom. The number of aliphatic imine (C=N–C) groups is 2. The van der Waals surface area contributed by atoms with Crippen molar-refractivity contribution in [2.75, 3.05) is 0 Å². The number of hydrogen-bond donors (Lipinski definition) is 0. The number of isocyanates is 2. The lowest BCUT2D eigenvalue weighted by Gasteiger charge is -2.31. The van der Waals surface area contributed by atoms with Gasteiger partial charge in [-0.3, -0.25) is 19.2 Å². The fourth-order valence-electron chi connectivity index (χ4n) is 1.74. The topological polar surface area (TPSA) is 164 Å². The van der Waals surface area contributed by atoms with Crippen molar-refractivity contribution in [3.05, 3.63) is 0 Å². The molecule has 12 nitrogen and oxygen atoms in total. The average molecular weight is 372 g/mol. The van der Waals surface area contributed by atoms with E-state index in [1.807, 2.05) is 0 Å². The highest BCUT2D eigenvalue weighted by Crippen LogP contribution is 2.20. The minimum atomic E-state index is -1.82. The Hall–Kier alpha value is -3.36. The monoisotopic (exact) mass is 372 g/mol. The van der Waals surface area contributed by atoms with Crippen molar-refractivity contribution in [3.63, 3.8) is 0 Å². The normalized spacial score (nSPS) is 14.2. The maximum atomic E-state index is 11.4. The number of carbonyl (C=O) groups excluding carboxylic acids is 6. The van der Waals surface area contributed by atoms with E-state index >= 15 is 0 Å². The molecule has 4 atom stereocenters. The molecule has 0 spiro atoms. The summed E-state index contributed by atoms with van der Waals surface area (Å²) in [5.41, 5.74) is 0. The van der Waals surface area contributed by atoms with Gasteiger partial charge in [-0.25, -0.2) is 9.59 Å². The summed E-state index contributed by atoms with van der Waals surface area (Å²) in [4.78, 5) is 72.7. The smallest absolute Gasteiger partial charge is 0.304 e. The Bertz CT molecular complexity index is 592. The van der Waals surface area contributed by atoms with E-state index in [2.05, 4.69) is 9.98 Å². The van der Waals surface area contributed by atoms with Gasteiger partial charge in [0.1, 0.15) is 0 Å². The number of carbonyl (C=O) groups is 4. The number of nitrogens with zero attached hydrogens (tertiary/aromatic N) is 2. The summed E-state index contributed by atoms with van der Waals surface area (Å²) >= 11 is 0. The van der Waals surface area contributed by atoms with E-state index in [-0.39, 0.29) is 0 Å². The van der Waals surface area contributed by atoms with Crippen LogP contribution in [0.2, 0.25) is 0 Å². The van der Waals surface area contributed by atoms with E-state index in [4.69, 9.17) is 18.9 Å². The van der Waals surface area contributed by atoms with E-state index in [0.29, 0.717) is 0 Å². The van der Waals surface area contributed by atoms with Crippen LogP contribution in [-0.4, -0.2) is 60.7 Å². The third-order valence-corrected chi connectivity index (χ3v) is 2.42. The number of hydrogen-bond acceptors (Lipinski definition) is 12. The molecule has 0 bridgehead atoms. The van der Waals surface area contributed by atoms with Crippen LogP contribution in [0, 0.1) is 0 Å². The molecule has 0 amide bonds. The molecular weight excluding hydrogens is 356 g/mol. The van der Waals surface area contributed by atoms with Gasteiger partial charge in [0.05, 0.1) is 0 Å². The van der Waals surface area contributed by atoms with Gasteiger partial charge in [-0.1, -0.05) is 0 Å². The van der Waals surface area contributed by atoms with Gasteiger partial charge in [0.15, 0.2) is 0 Å². The van der Waals surface area contributed by atoms with Crippen LogP contribution >= 0.6 is 0 Å². The molecule has 0 saturated heterocycles. The molecule has 12 heteroatoms. The third kappa shape index (κ3) is 8.48. The standard InChI is InChI=1S/C14H16N2O10/c1-7(19)23-11(13(15-5-17)25-9(3)21)12(24-8(2)20)14(16-6-18)26-10(4)22/h11-14H,1-4H3. The zero-order chi connectivity index (χ0) is 20.3. The van der Waals surface area contributed by atoms with Crippen LogP contribution in [-0.2, 0) is 47.7 Å². The van der Waals surface area contributed by atoms with Gasteiger partial charge in [-0.05, 0) is 0 Å². The molecule has 0 aliphatic heterocycles. The summed E-state index contributed by atoms with van der Waals surface area (Å²) in [7, 11) is 0. The quantitative estimate of drug-likeness (QED) is 0.219. The zero-order valence-electron chi connectivity index (χ0n) is 14.3. The van der Waals surface area contributed by atoms with Crippen molar-refractivity contribution in [3.8, 4) is 0 Å². The molecule has 0 radical (unpaired) electrons. The third-order valence-electron chi connectivity index (χ3n) is 2.42. The van der Waals surface area contributed by atoms with Crippen LogP contribution in [0.5, 0.6) is 0 Å². The van der Waals surface area contributed by atoms with Gasteiger partial charge in [0.2, 0.25) is 36.8 Å². The predicted octanol–water partition coefficient (Wildman–Crippen LogP) is -0.700. The SMILES string of the molecule is CC(=O)OC(N=C=O)C(OC(C)=O)C(OC(C)=O)C(N=C=O)OC(C)=O. The maximum absolute atomic E-state index is 11.4. The first-order valence-electron chi connectivity index (χ1n) is 6.95. The van der Waals surface area contributed by atoms with Crippen molar-refractivity contribution in [2.45, 2.75) is 52.4 Å². The Labute approximate surface area is 147 Å². The largest absolute Gasteiger partial charge is 0.452 e. The predicted molar refractivity (Wildman–Crippen MR) is 78.5 cm³/mol. The highest BCUT2D eigenvalue weighted by Gasteiger charge is 2.44. The highest BCUT2D eigenvalue weighted by atomic mass is 16.6. The maximum Gasteiger partial charge on any atom is 0.304 e. The van der Waals surface area contributed by atoms with Crippen molar-refractivity contribution < 1.29 is 47.7 Å². The van der Waals surface area contributed by atoms with Gasteiger partial charge in [-0.2, -0.15) is 9.98 Å². The van der Waals surface area contributed by atoms with Crippen LogP contribution < -0.4 is 0 Å². The molecule has 0 N–H and O–H groups in total. The van der Waals surface area contributed by atoms with Crippen LogP contribution in [0.3, 0.4) is 0 Å². The van der Waals surface area contributed by atoms with Crippen molar-refractivity contribution in [2.24, 2.45) is 9.98 Å². The molecule has 26 heavy (non-hydrogen) atoms. The van der Waals surface area contributed by atoms with Crippen molar-refractivity contribution >= 4 is 36.0 Å². The lowest BCUT2D eigenvalue weighted by Crippen LogP contribution is -2.50. The van der Waals surface area contributed by atoms with Crippen LogP contribution in [0.25, 0.3) is 0 Å². The van der Waals surface area contributed by atoms with E-state index in [1.54, 1.807) is 0 Å². The average Bonchev–Trinajstić information content (AvgIpc) is 2.48. The fraction of sp³-hybridized carbons (Fsp3) is 0.571. The number of esters is 4. The first-order valence-corrected chi connectivity index (χ1v) is 6.95. The van der Waals surface area contributed by atoms with E-state index in [9.17, 15) is 28.8 Å². The lowest BCUT2D eigenvalue weighted by molar-refractivity contribution is -0.196. The lowest BCUT2D eigenvalue weighted by atomic mass is 10.1. The molecule has 0 aromatic carbocycles. The first-order chi connectivity index (χ1) is 12.1. The number of rotatable bonds is 9. The van der Waals surface area contributed by atoms with Crippen LogP contribution in [0.15, 0.2) is 9.98 Å². The molecule has 0 heterocycles. The molecular formula is C14H16N2O10. The fourth-order valence-corrected chi connectivity index (χ4v) is 1.74. The first kappa shape index (κ1) is 22.6. The second-order valence-electron chi connectivity index (χ2n) is 4.59. The zero-order valence-corrected chi connectivity index (χ0v) is 14.3. The van der Waals surface area contributed by atoms with Crippen LogP contribution in [0.4, 0.5) is 0 Å². The summed E-state index contributed by atoms with van der Waals surface area (Å²) in [6.45, 7) is 3.84. The summed E-state index contributed by atoms with van der Waals surface area (Å²) < 4.78 is 19.2. The molecule has 0 aromatic heterocycles. The summed E-state index contributed by atoms with van der Waals surface area (Å²) in [6.07, 6.45) is -5.03. The van der Waals surface area contributed by atoms with E-state index in [0.717, 1.165) is 39.9 Å². The Balaban J connectivity index is 6.18. The summed E-state index contributed by atoms with van der Waals surface area (Å²) in [5.74, 6) is -3.78. The van der Waals surface area contributed by atoms with Gasteiger partial charge < -0.3 is 18.9 Å². The molecule has 142 valence electrons. The minimum Gasteiger partial charge on any atom is -0.452 e. The van der Waals surface area contributed by atoms with Gasteiger partial charge in [0.25, 0.3) is 0 Å². The van der Waals surface area contributed by atoms with E-state index < -0.39 is 48.5 Å². The van der Waals surface area contributed by atoms with Gasteiger partial charge in [0, 0.05) is 27.7 Å². The number of ether oxygens (including phenoxy) is 4. The molecule has 0 aromatic rings. The molecule has 0 saturated carbocycles. The Kier molecular flexibility index (Phi) is 9.79. The van der Waals surface area contributed by atoms with Crippen molar-refractivity contribution in [1.29, 1.82) is 0 Å². The Morgan fingerprint density at radius 2 is 0.885 bits per heavy atom.